The smallest absolute Gasteiger partial charge is 0.326 e. The van der Waals surface area contributed by atoms with E-state index in [2.05, 4.69) is 74.6 Å². The summed E-state index contributed by atoms with van der Waals surface area (Å²) in [5, 5.41) is 3.84. The second-order valence-electron chi connectivity index (χ2n) is 9.64. The summed E-state index contributed by atoms with van der Waals surface area (Å²) in [4.78, 5) is 16.1. The van der Waals surface area contributed by atoms with Gasteiger partial charge in [0.05, 0.1) is 11.7 Å². The maximum Gasteiger partial charge on any atom is 0.326 e. The van der Waals surface area contributed by atoms with E-state index < -0.39 is 0 Å². The molecule has 3 N–H and O–H groups in total. The number of nitrogens with zero attached hydrogens (tertiary/aromatic N) is 1. The van der Waals surface area contributed by atoms with Crippen LogP contribution in [0.3, 0.4) is 0 Å². The minimum absolute atomic E-state index is 0.0449. The molecule has 2 amide bonds. The molecule has 0 saturated heterocycles. The number of hydrogen-bond donors (Lipinski definition) is 2. The van der Waals surface area contributed by atoms with Crippen molar-refractivity contribution in [2.45, 2.75) is 71.8 Å². The molecule has 3 aromatic rings. The van der Waals surface area contributed by atoms with Crippen LogP contribution in [0, 0.1) is 0 Å². The summed E-state index contributed by atoms with van der Waals surface area (Å²) in [6.45, 7) is 8.46. The quantitative estimate of drug-likeness (QED) is 0.342. The van der Waals surface area contributed by atoms with Crippen LogP contribution in [-0.2, 0) is 19.3 Å². The Labute approximate surface area is 214 Å². The molecule has 0 fully saturated rings. The van der Waals surface area contributed by atoms with Crippen molar-refractivity contribution >= 4 is 34.7 Å². The van der Waals surface area contributed by atoms with Crippen molar-refractivity contribution in [2.75, 3.05) is 16.0 Å². The number of carbonyl (C=O) groups excluding carboxylic acids is 1. The molecule has 0 aromatic heterocycles. The average Bonchev–Trinajstić information content (AvgIpc) is 2.85. The zero-order chi connectivity index (χ0) is 25.1. The van der Waals surface area contributed by atoms with Crippen molar-refractivity contribution in [1.29, 1.82) is 0 Å². The Kier molecular flexibility index (Phi) is 7.71. The number of nitrogens with two attached hydrogens (primary N) is 1. The first-order valence-corrected chi connectivity index (χ1v) is 13.1. The fraction of sp³-hybridized carbons (Fsp3) is 0.367. The molecule has 0 saturated carbocycles. The van der Waals surface area contributed by atoms with Crippen molar-refractivity contribution in [2.24, 2.45) is 0 Å². The molecule has 3 aromatic carbocycles. The molecule has 0 radical (unpaired) electrons. The highest BCUT2D eigenvalue weighted by Crippen LogP contribution is 2.39. The normalized spacial score (nSPS) is 15.1. The third-order valence-corrected chi connectivity index (χ3v) is 7.50. The predicted octanol–water partition coefficient (Wildman–Crippen LogP) is 8.29. The molecule has 0 bridgehead atoms. The molecule has 0 heterocycles. The minimum atomic E-state index is -0.157. The van der Waals surface area contributed by atoms with E-state index >= 15 is 0 Å². The van der Waals surface area contributed by atoms with Gasteiger partial charge >= 0.3 is 6.03 Å². The first-order valence-electron chi connectivity index (χ1n) is 12.7. The van der Waals surface area contributed by atoms with Gasteiger partial charge in [0.25, 0.3) is 0 Å². The number of aryl methyl sites for hydroxylation is 1. The lowest BCUT2D eigenvalue weighted by molar-refractivity contribution is 0.254. The van der Waals surface area contributed by atoms with Gasteiger partial charge in [0.2, 0.25) is 0 Å². The van der Waals surface area contributed by atoms with Crippen LogP contribution < -0.4 is 16.0 Å². The Bertz CT molecular complexity index is 1170. The maximum atomic E-state index is 14.1. The van der Waals surface area contributed by atoms with Gasteiger partial charge in [0, 0.05) is 16.4 Å². The van der Waals surface area contributed by atoms with Crippen molar-refractivity contribution in [3.63, 3.8) is 0 Å². The molecule has 35 heavy (non-hydrogen) atoms. The number of nitrogen functional groups attached to an aromatic ring is 1. The summed E-state index contributed by atoms with van der Waals surface area (Å²) in [7, 11) is 0. The summed E-state index contributed by atoms with van der Waals surface area (Å²) in [5.41, 5.74) is 14.2. The molecular weight excluding hydrogens is 454 g/mol. The standard InChI is InChI=1S/C30H36ClN3O/c1-5-23-26(31)18-27(32)24(6-2)29(23)33-30(35)34(22-16-14-20(15-17-22)19(3)4)28-13-9-11-21-10-7-8-12-25(21)28/h7-8,10,12,14-19,28H,5-6,9,11,13,32H2,1-4H3,(H,33,35)/t28-/m0/s1. The Morgan fingerprint density at radius 1 is 1.09 bits per heavy atom. The number of fused-ring (bicyclic) bond motifs is 1. The van der Waals surface area contributed by atoms with Crippen molar-refractivity contribution in [1.82, 2.24) is 0 Å². The fourth-order valence-corrected chi connectivity index (χ4v) is 5.60. The summed E-state index contributed by atoms with van der Waals surface area (Å²) < 4.78 is 0. The van der Waals surface area contributed by atoms with Gasteiger partial charge in [0.15, 0.2) is 0 Å². The Morgan fingerprint density at radius 2 is 1.77 bits per heavy atom. The SMILES string of the molecule is CCc1c(N)cc(Cl)c(CC)c1NC(=O)N(c1ccc(C(C)C)cc1)[C@H]1CCCc2ccccc21. The number of nitrogens with one attached hydrogen (secondary N) is 1. The number of benzene rings is 3. The topological polar surface area (TPSA) is 58.4 Å². The number of anilines is 3. The van der Waals surface area contributed by atoms with E-state index in [0.29, 0.717) is 29.5 Å². The molecular formula is C30H36ClN3O. The zero-order valence-electron chi connectivity index (χ0n) is 21.2. The lowest BCUT2D eigenvalue weighted by atomic mass is 9.86. The third kappa shape index (κ3) is 5.04. The highest BCUT2D eigenvalue weighted by Gasteiger charge is 2.31. The van der Waals surface area contributed by atoms with Gasteiger partial charge in [-0.1, -0.05) is 75.7 Å². The number of halogens is 1. The van der Waals surface area contributed by atoms with Gasteiger partial charge in [-0.05, 0) is 84.0 Å². The van der Waals surface area contributed by atoms with E-state index in [0.717, 1.165) is 41.8 Å². The third-order valence-electron chi connectivity index (χ3n) is 7.17. The van der Waals surface area contributed by atoms with E-state index in [1.165, 1.54) is 16.7 Å². The van der Waals surface area contributed by atoms with Gasteiger partial charge in [0.1, 0.15) is 0 Å². The molecule has 1 aliphatic carbocycles. The molecule has 1 atom stereocenters. The molecule has 5 heteroatoms. The van der Waals surface area contributed by atoms with Crippen LogP contribution in [-0.4, -0.2) is 6.03 Å². The lowest BCUT2D eigenvalue weighted by Crippen LogP contribution is -2.40. The minimum Gasteiger partial charge on any atom is -0.398 e. The Hall–Kier alpha value is -2.98. The number of rotatable bonds is 6. The van der Waals surface area contributed by atoms with E-state index in [-0.39, 0.29) is 12.1 Å². The first kappa shape index (κ1) is 25.1. The molecule has 184 valence electrons. The maximum absolute atomic E-state index is 14.1. The number of urea groups is 1. The zero-order valence-corrected chi connectivity index (χ0v) is 22.0. The second kappa shape index (κ2) is 10.7. The molecule has 0 unspecified atom stereocenters. The number of amides is 2. The van der Waals surface area contributed by atoms with E-state index in [1.807, 2.05) is 11.8 Å². The molecule has 0 aliphatic heterocycles. The number of carbonyl (C=O) groups is 1. The van der Waals surface area contributed by atoms with Crippen molar-refractivity contribution in [3.8, 4) is 0 Å². The molecule has 0 spiro atoms. The largest absolute Gasteiger partial charge is 0.398 e. The monoisotopic (exact) mass is 489 g/mol. The van der Waals surface area contributed by atoms with Crippen LogP contribution in [0.15, 0.2) is 54.6 Å². The number of hydrogen-bond acceptors (Lipinski definition) is 2. The van der Waals surface area contributed by atoms with Crippen LogP contribution in [0.25, 0.3) is 0 Å². The van der Waals surface area contributed by atoms with Crippen molar-refractivity contribution in [3.05, 3.63) is 87.4 Å². The van der Waals surface area contributed by atoms with Gasteiger partial charge in [-0.15, -0.1) is 0 Å². The van der Waals surface area contributed by atoms with E-state index in [4.69, 9.17) is 17.3 Å². The van der Waals surface area contributed by atoms with Crippen LogP contribution >= 0.6 is 11.6 Å². The lowest BCUT2D eigenvalue weighted by Gasteiger charge is -2.36. The summed E-state index contributed by atoms with van der Waals surface area (Å²) in [6, 6.07) is 18.5. The van der Waals surface area contributed by atoms with Crippen LogP contribution in [0.5, 0.6) is 0 Å². The summed E-state index contributed by atoms with van der Waals surface area (Å²) >= 11 is 6.56. The van der Waals surface area contributed by atoms with Crippen LogP contribution in [0.4, 0.5) is 21.9 Å². The molecule has 4 rings (SSSR count). The second-order valence-corrected chi connectivity index (χ2v) is 10.0. The predicted molar refractivity (Wildman–Crippen MR) is 149 cm³/mol. The van der Waals surface area contributed by atoms with Gasteiger partial charge in [-0.2, -0.15) is 0 Å². The Balaban J connectivity index is 1.80. The summed E-state index contributed by atoms with van der Waals surface area (Å²) in [5.74, 6) is 0.426. The average molecular weight is 490 g/mol. The Morgan fingerprint density at radius 3 is 2.43 bits per heavy atom. The highest BCUT2D eigenvalue weighted by molar-refractivity contribution is 6.32. The van der Waals surface area contributed by atoms with Crippen LogP contribution in [0.2, 0.25) is 5.02 Å². The van der Waals surface area contributed by atoms with Gasteiger partial charge in [-0.3, -0.25) is 4.90 Å². The van der Waals surface area contributed by atoms with Crippen molar-refractivity contribution < 1.29 is 4.79 Å². The highest BCUT2D eigenvalue weighted by atomic mass is 35.5. The first-order chi connectivity index (χ1) is 16.8. The summed E-state index contributed by atoms with van der Waals surface area (Å²) in [6.07, 6.45) is 4.41. The van der Waals surface area contributed by atoms with E-state index in [9.17, 15) is 4.79 Å². The molecule has 4 nitrogen and oxygen atoms in total. The van der Waals surface area contributed by atoms with Gasteiger partial charge < -0.3 is 11.1 Å². The fourth-order valence-electron chi connectivity index (χ4n) is 5.26. The van der Waals surface area contributed by atoms with Gasteiger partial charge in [-0.25, -0.2) is 4.79 Å². The van der Waals surface area contributed by atoms with E-state index in [1.54, 1.807) is 6.07 Å². The van der Waals surface area contributed by atoms with Crippen LogP contribution in [0.1, 0.15) is 80.3 Å². The molecule has 1 aliphatic rings.